The molecule has 2 aliphatic rings. The van der Waals surface area contributed by atoms with E-state index in [4.69, 9.17) is 0 Å². The summed E-state index contributed by atoms with van der Waals surface area (Å²) in [4.78, 5) is 28.5. The van der Waals surface area contributed by atoms with Gasteiger partial charge in [-0.25, -0.2) is 0 Å². The fourth-order valence-electron chi connectivity index (χ4n) is 3.75. The zero-order valence-electron chi connectivity index (χ0n) is 15.7. The summed E-state index contributed by atoms with van der Waals surface area (Å²) in [6, 6.07) is 13.4. The summed E-state index contributed by atoms with van der Waals surface area (Å²) < 4.78 is 8.65. The highest BCUT2D eigenvalue weighted by Gasteiger charge is 2.50. The van der Waals surface area contributed by atoms with E-state index in [-0.39, 0.29) is 11.8 Å². The maximum Gasteiger partial charge on any atom is 0.254 e. The van der Waals surface area contributed by atoms with Gasteiger partial charge in [-0.05, 0) is 36.6 Å². The van der Waals surface area contributed by atoms with Gasteiger partial charge in [0.1, 0.15) is 16.6 Å². The number of nitrogens with zero attached hydrogens (tertiary/aromatic N) is 4. The Kier molecular flexibility index (Phi) is 4.33. The van der Waals surface area contributed by atoms with E-state index in [2.05, 4.69) is 8.75 Å². The molecule has 2 amide bonds. The lowest BCUT2D eigenvalue weighted by atomic mass is 10.0. The minimum Gasteiger partial charge on any atom is -0.380 e. The number of aromatic nitrogens is 2. The van der Waals surface area contributed by atoms with Gasteiger partial charge in [0.25, 0.3) is 11.8 Å². The first-order chi connectivity index (χ1) is 14.0. The van der Waals surface area contributed by atoms with Gasteiger partial charge in [0.2, 0.25) is 0 Å². The molecule has 0 radical (unpaired) electrons. The molecule has 0 unspecified atom stereocenters. The lowest BCUT2D eigenvalue weighted by Gasteiger charge is -2.35. The standard InChI is InChI=1S/C21H20N4O3S/c26-19(24-10-12-25(13-11-24)20(27)21(28)8-9-21)15-6-4-14(5-7-15)16-2-1-3-17-18(16)23-29-22-17/h1-7,28H,8-13H2. The Morgan fingerprint density at radius 1 is 0.931 bits per heavy atom. The first-order valence-corrected chi connectivity index (χ1v) is 10.4. The van der Waals surface area contributed by atoms with Crippen LogP contribution in [-0.2, 0) is 4.79 Å². The van der Waals surface area contributed by atoms with Crippen molar-refractivity contribution in [2.75, 3.05) is 26.2 Å². The second-order valence-electron chi connectivity index (χ2n) is 7.63. The fraction of sp³-hybridized carbons (Fsp3) is 0.333. The highest BCUT2D eigenvalue weighted by atomic mass is 32.1. The van der Waals surface area contributed by atoms with E-state index in [0.29, 0.717) is 44.6 Å². The molecule has 1 saturated heterocycles. The SMILES string of the molecule is O=C(c1ccc(-c2cccc3nsnc23)cc1)N1CCN(C(=O)C2(O)CC2)CC1. The molecule has 148 valence electrons. The van der Waals surface area contributed by atoms with E-state index in [0.717, 1.165) is 22.2 Å². The molecule has 1 aliphatic carbocycles. The van der Waals surface area contributed by atoms with Gasteiger partial charge in [-0.1, -0.05) is 24.3 Å². The molecule has 7 nitrogen and oxygen atoms in total. The molecule has 8 heteroatoms. The van der Waals surface area contributed by atoms with Gasteiger partial charge in [0.15, 0.2) is 0 Å². The number of rotatable bonds is 3. The number of hydrogen-bond acceptors (Lipinski definition) is 6. The largest absolute Gasteiger partial charge is 0.380 e. The van der Waals surface area contributed by atoms with Crippen molar-refractivity contribution < 1.29 is 14.7 Å². The molecule has 1 saturated carbocycles. The van der Waals surface area contributed by atoms with Gasteiger partial charge < -0.3 is 14.9 Å². The van der Waals surface area contributed by atoms with E-state index in [1.54, 1.807) is 9.80 Å². The maximum absolute atomic E-state index is 12.9. The Labute approximate surface area is 171 Å². The van der Waals surface area contributed by atoms with Crippen molar-refractivity contribution in [3.63, 3.8) is 0 Å². The Hall–Kier alpha value is -2.84. The van der Waals surface area contributed by atoms with E-state index >= 15 is 0 Å². The van der Waals surface area contributed by atoms with Gasteiger partial charge in [-0.3, -0.25) is 9.59 Å². The Balaban J connectivity index is 1.28. The molecular formula is C21H20N4O3S. The van der Waals surface area contributed by atoms with Crippen molar-refractivity contribution >= 4 is 34.6 Å². The predicted octanol–water partition coefficient (Wildman–Crippen LogP) is 2.17. The van der Waals surface area contributed by atoms with E-state index in [1.807, 2.05) is 42.5 Å². The summed E-state index contributed by atoms with van der Waals surface area (Å²) in [5.41, 5.74) is 3.22. The number of hydrogen-bond donors (Lipinski definition) is 1. The second-order valence-corrected chi connectivity index (χ2v) is 8.16. The average Bonchev–Trinajstić information content (AvgIpc) is 3.33. The molecule has 2 aromatic carbocycles. The molecule has 1 N–H and O–H groups in total. The number of amides is 2. The van der Waals surface area contributed by atoms with Crippen LogP contribution in [0.1, 0.15) is 23.2 Å². The Morgan fingerprint density at radius 3 is 2.31 bits per heavy atom. The smallest absolute Gasteiger partial charge is 0.254 e. The number of carbonyl (C=O) groups is 2. The second kappa shape index (κ2) is 6.89. The van der Waals surface area contributed by atoms with E-state index < -0.39 is 5.60 Å². The minimum atomic E-state index is -1.14. The van der Waals surface area contributed by atoms with Crippen molar-refractivity contribution in [1.82, 2.24) is 18.5 Å². The summed E-state index contributed by atoms with van der Waals surface area (Å²) in [5, 5.41) is 10.00. The molecule has 1 aliphatic heterocycles. The van der Waals surface area contributed by atoms with Crippen molar-refractivity contribution in [3.05, 3.63) is 48.0 Å². The van der Waals surface area contributed by atoms with Crippen molar-refractivity contribution in [2.24, 2.45) is 0 Å². The Bertz CT molecular complexity index is 1080. The lowest BCUT2D eigenvalue weighted by molar-refractivity contribution is -0.143. The van der Waals surface area contributed by atoms with Crippen LogP contribution < -0.4 is 0 Å². The van der Waals surface area contributed by atoms with E-state index in [1.165, 1.54) is 11.7 Å². The number of carbonyl (C=O) groups excluding carboxylic acids is 2. The molecule has 0 bridgehead atoms. The maximum atomic E-state index is 12.9. The number of benzene rings is 2. The van der Waals surface area contributed by atoms with Gasteiger partial charge in [0.05, 0.1) is 11.7 Å². The monoisotopic (exact) mass is 408 g/mol. The Morgan fingerprint density at radius 2 is 1.62 bits per heavy atom. The molecule has 3 aromatic rings. The predicted molar refractivity (Wildman–Crippen MR) is 110 cm³/mol. The summed E-state index contributed by atoms with van der Waals surface area (Å²) in [7, 11) is 0. The van der Waals surface area contributed by atoms with Crippen LogP contribution in [0.3, 0.4) is 0 Å². The number of piperazine rings is 1. The van der Waals surface area contributed by atoms with Gasteiger partial charge >= 0.3 is 0 Å². The van der Waals surface area contributed by atoms with Gasteiger partial charge in [0, 0.05) is 37.3 Å². The first kappa shape index (κ1) is 18.2. The third kappa shape index (κ3) is 3.28. The highest BCUT2D eigenvalue weighted by molar-refractivity contribution is 7.00. The van der Waals surface area contributed by atoms with Crippen molar-refractivity contribution in [2.45, 2.75) is 18.4 Å². The third-order valence-corrected chi connectivity index (χ3v) is 6.25. The van der Waals surface area contributed by atoms with Crippen molar-refractivity contribution in [3.8, 4) is 11.1 Å². The highest BCUT2D eigenvalue weighted by Crippen LogP contribution is 2.37. The summed E-state index contributed by atoms with van der Waals surface area (Å²) >= 11 is 1.19. The molecule has 0 spiro atoms. The van der Waals surface area contributed by atoms with Crippen LogP contribution in [0.2, 0.25) is 0 Å². The lowest BCUT2D eigenvalue weighted by Crippen LogP contribution is -2.53. The van der Waals surface area contributed by atoms with Crippen LogP contribution in [0.15, 0.2) is 42.5 Å². The molecular weight excluding hydrogens is 388 g/mol. The van der Waals surface area contributed by atoms with Crippen LogP contribution in [0.5, 0.6) is 0 Å². The van der Waals surface area contributed by atoms with Crippen LogP contribution >= 0.6 is 11.7 Å². The fourth-order valence-corrected chi connectivity index (χ4v) is 4.30. The summed E-state index contributed by atoms with van der Waals surface area (Å²) in [6.07, 6.45) is 1.09. The first-order valence-electron chi connectivity index (χ1n) is 9.68. The third-order valence-electron chi connectivity index (χ3n) is 5.70. The quantitative estimate of drug-likeness (QED) is 0.718. The molecule has 2 fully saturated rings. The average molecular weight is 408 g/mol. The minimum absolute atomic E-state index is 0.0395. The molecule has 5 rings (SSSR count). The number of fused-ring (bicyclic) bond motifs is 1. The molecule has 29 heavy (non-hydrogen) atoms. The molecule has 1 aromatic heterocycles. The number of aliphatic hydroxyl groups is 1. The van der Waals surface area contributed by atoms with E-state index in [9.17, 15) is 14.7 Å². The van der Waals surface area contributed by atoms with Crippen LogP contribution in [0.4, 0.5) is 0 Å². The summed E-state index contributed by atoms with van der Waals surface area (Å²) in [5.74, 6) is -0.234. The van der Waals surface area contributed by atoms with Crippen molar-refractivity contribution in [1.29, 1.82) is 0 Å². The zero-order chi connectivity index (χ0) is 20.0. The van der Waals surface area contributed by atoms with Crippen LogP contribution in [-0.4, -0.2) is 67.2 Å². The zero-order valence-corrected chi connectivity index (χ0v) is 16.6. The van der Waals surface area contributed by atoms with Gasteiger partial charge in [-0.2, -0.15) is 8.75 Å². The normalized spacial score (nSPS) is 18.1. The van der Waals surface area contributed by atoms with Crippen LogP contribution in [0, 0.1) is 0 Å². The topological polar surface area (TPSA) is 86.6 Å². The van der Waals surface area contributed by atoms with Crippen LogP contribution in [0.25, 0.3) is 22.2 Å². The molecule has 0 atom stereocenters. The molecule has 2 heterocycles. The van der Waals surface area contributed by atoms with Gasteiger partial charge in [-0.15, -0.1) is 0 Å². The summed E-state index contributed by atoms with van der Waals surface area (Å²) in [6.45, 7) is 1.88.